The van der Waals surface area contributed by atoms with Gasteiger partial charge < -0.3 is 10.1 Å². The number of methoxy groups -OCH3 is 1. The number of aryl methyl sites for hydroxylation is 1. The average molecular weight is 459 g/mol. The van der Waals surface area contributed by atoms with Crippen LogP contribution in [0.3, 0.4) is 0 Å². The predicted molar refractivity (Wildman–Crippen MR) is 122 cm³/mol. The smallest absolute Gasteiger partial charge is 0.245 e. The molecule has 0 fully saturated rings. The van der Waals surface area contributed by atoms with Gasteiger partial charge in [0.05, 0.1) is 7.11 Å². The summed E-state index contributed by atoms with van der Waals surface area (Å²) in [5.74, 6) is -0.339. The number of hydrogen-bond acceptors (Lipinski definition) is 4. The second-order valence-corrected chi connectivity index (χ2v) is 9.14. The number of sulfonamides is 1. The highest BCUT2D eigenvalue weighted by atomic mass is 35.5. The van der Waals surface area contributed by atoms with Crippen LogP contribution >= 0.6 is 11.6 Å². The van der Waals surface area contributed by atoms with Gasteiger partial charge in [0.25, 0.3) is 0 Å². The molecule has 0 spiro atoms. The van der Waals surface area contributed by atoms with E-state index >= 15 is 0 Å². The highest BCUT2D eigenvalue weighted by Crippen LogP contribution is 2.27. The minimum absolute atomic E-state index is 0.134. The highest BCUT2D eigenvalue weighted by molar-refractivity contribution is 7.89. The average Bonchev–Trinajstić information content (AvgIpc) is 2.74. The number of amides is 1. The molecule has 0 radical (unpaired) electrons. The first kappa shape index (κ1) is 22.8. The molecule has 1 amide bonds. The molecule has 0 bridgehead atoms. The Labute approximate surface area is 187 Å². The van der Waals surface area contributed by atoms with Gasteiger partial charge in [-0.05, 0) is 54.8 Å². The Balaban J connectivity index is 1.92. The van der Waals surface area contributed by atoms with Crippen LogP contribution in [0.25, 0.3) is 0 Å². The SMILES string of the molecule is COc1ccc(Cl)cc1S(=O)(=O)N[C@H](Cc1ccccc1)C(=O)Nc1cccc(C)c1. The van der Waals surface area contributed by atoms with E-state index < -0.39 is 22.0 Å². The van der Waals surface area contributed by atoms with Crippen LogP contribution in [0.1, 0.15) is 11.1 Å². The summed E-state index contributed by atoms with van der Waals surface area (Å²) in [7, 11) is -2.74. The van der Waals surface area contributed by atoms with E-state index in [0.29, 0.717) is 5.69 Å². The van der Waals surface area contributed by atoms with Crippen molar-refractivity contribution in [3.8, 4) is 5.75 Å². The molecule has 2 N–H and O–H groups in total. The van der Waals surface area contributed by atoms with Gasteiger partial charge in [0.2, 0.25) is 15.9 Å². The van der Waals surface area contributed by atoms with Crippen molar-refractivity contribution >= 4 is 33.2 Å². The molecule has 0 aliphatic heterocycles. The lowest BCUT2D eigenvalue weighted by Crippen LogP contribution is -2.45. The van der Waals surface area contributed by atoms with Crippen molar-refractivity contribution in [1.29, 1.82) is 0 Å². The van der Waals surface area contributed by atoms with Gasteiger partial charge in [0, 0.05) is 10.7 Å². The van der Waals surface area contributed by atoms with Gasteiger partial charge in [-0.25, -0.2) is 8.42 Å². The lowest BCUT2D eigenvalue weighted by atomic mass is 10.1. The van der Waals surface area contributed by atoms with E-state index in [9.17, 15) is 13.2 Å². The molecule has 0 aliphatic carbocycles. The number of rotatable bonds is 8. The van der Waals surface area contributed by atoms with Crippen LogP contribution in [0.4, 0.5) is 5.69 Å². The highest BCUT2D eigenvalue weighted by Gasteiger charge is 2.28. The zero-order chi connectivity index (χ0) is 22.4. The number of benzene rings is 3. The normalized spacial score (nSPS) is 12.2. The van der Waals surface area contributed by atoms with E-state index in [2.05, 4.69) is 10.0 Å². The molecule has 31 heavy (non-hydrogen) atoms. The van der Waals surface area contributed by atoms with Crippen molar-refractivity contribution in [2.75, 3.05) is 12.4 Å². The molecule has 0 unspecified atom stereocenters. The summed E-state index contributed by atoms with van der Waals surface area (Å²) >= 11 is 6.00. The van der Waals surface area contributed by atoms with Crippen LogP contribution < -0.4 is 14.8 Å². The van der Waals surface area contributed by atoms with Gasteiger partial charge in [-0.1, -0.05) is 54.1 Å². The monoisotopic (exact) mass is 458 g/mol. The standard InChI is InChI=1S/C23H23ClN2O4S/c1-16-7-6-10-19(13-16)25-23(27)20(14-17-8-4-3-5-9-17)26-31(28,29)22-15-18(24)11-12-21(22)30-2/h3-13,15,20,26H,14H2,1-2H3,(H,25,27)/t20-/m1/s1. The molecule has 0 saturated carbocycles. The lowest BCUT2D eigenvalue weighted by Gasteiger charge is -2.20. The third kappa shape index (κ3) is 6.07. The van der Waals surface area contributed by atoms with Crippen LogP contribution in [-0.4, -0.2) is 27.5 Å². The zero-order valence-corrected chi connectivity index (χ0v) is 18.7. The maximum absolute atomic E-state index is 13.1. The molecule has 162 valence electrons. The number of carbonyl (C=O) groups excluding carboxylic acids is 1. The summed E-state index contributed by atoms with van der Waals surface area (Å²) in [4.78, 5) is 12.9. The van der Waals surface area contributed by atoms with Crippen LogP contribution in [0, 0.1) is 6.92 Å². The molecular formula is C23H23ClN2O4S. The number of carbonyl (C=O) groups is 1. The molecule has 1 atom stereocenters. The van der Waals surface area contributed by atoms with Crippen molar-refractivity contribution in [3.05, 3.63) is 88.9 Å². The quantitative estimate of drug-likeness (QED) is 0.530. The van der Waals surface area contributed by atoms with E-state index in [1.165, 1.54) is 25.3 Å². The van der Waals surface area contributed by atoms with Crippen molar-refractivity contribution in [2.45, 2.75) is 24.3 Å². The minimum Gasteiger partial charge on any atom is -0.495 e. The fourth-order valence-corrected chi connectivity index (χ4v) is 4.73. The summed E-state index contributed by atoms with van der Waals surface area (Å²) < 4.78 is 34.0. The van der Waals surface area contributed by atoms with Crippen LogP contribution in [0.15, 0.2) is 77.7 Å². The topological polar surface area (TPSA) is 84.5 Å². The third-order valence-electron chi connectivity index (χ3n) is 4.60. The maximum atomic E-state index is 13.1. The molecule has 0 aliphatic rings. The largest absolute Gasteiger partial charge is 0.495 e. The van der Waals surface area contributed by atoms with Gasteiger partial charge in [0.1, 0.15) is 16.7 Å². The molecule has 8 heteroatoms. The molecule has 6 nitrogen and oxygen atoms in total. The van der Waals surface area contributed by atoms with Crippen LogP contribution in [0.5, 0.6) is 5.75 Å². The van der Waals surface area contributed by atoms with Gasteiger partial charge in [-0.15, -0.1) is 0 Å². The summed E-state index contributed by atoms with van der Waals surface area (Å²) in [6, 6.07) is 19.7. The van der Waals surface area contributed by atoms with E-state index in [-0.39, 0.29) is 22.1 Å². The fraction of sp³-hybridized carbons (Fsp3) is 0.174. The number of nitrogens with one attached hydrogen (secondary N) is 2. The van der Waals surface area contributed by atoms with Gasteiger partial charge in [-0.3, -0.25) is 4.79 Å². The van der Waals surface area contributed by atoms with E-state index in [0.717, 1.165) is 11.1 Å². The molecule has 3 aromatic carbocycles. The Morgan fingerprint density at radius 3 is 2.45 bits per heavy atom. The first-order valence-corrected chi connectivity index (χ1v) is 11.4. The van der Waals surface area contributed by atoms with E-state index in [1.807, 2.05) is 55.5 Å². The van der Waals surface area contributed by atoms with Gasteiger partial charge in [-0.2, -0.15) is 4.72 Å². The molecule has 3 rings (SSSR count). The lowest BCUT2D eigenvalue weighted by molar-refractivity contribution is -0.117. The first-order valence-electron chi connectivity index (χ1n) is 9.56. The number of anilines is 1. The van der Waals surface area contributed by atoms with Crippen molar-refractivity contribution in [2.24, 2.45) is 0 Å². The Morgan fingerprint density at radius 2 is 1.77 bits per heavy atom. The molecular weight excluding hydrogens is 436 g/mol. The number of ether oxygens (including phenoxy) is 1. The fourth-order valence-electron chi connectivity index (χ4n) is 3.10. The summed E-state index contributed by atoms with van der Waals surface area (Å²) in [5.41, 5.74) is 2.37. The Hall–Kier alpha value is -2.87. The van der Waals surface area contributed by atoms with Crippen LogP contribution in [0.2, 0.25) is 5.02 Å². The van der Waals surface area contributed by atoms with Crippen LogP contribution in [-0.2, 0) is 21.2 Å². The summed E-state index contributed by atoms with van der Waals surface area (Å²) in [5, 5.41) is 3.03. The molecule has 0 aromatic heterocycles. The first-order chi connectivity index (χ1) is 14.8. The Bertz CT molecular complexity index is 1170. The maximum Gasteiger partial charge on any atom is 0.245 e. The molecule has 3 aromatic rings. The van der Waals surface area contributed by atoms with Gasteiger partial charge >= 0.3 is 0 Å². The molecule has 0 heterocycles. The summed E-state index contributed by atoms with van der Waals surface area (Å²) in [6.45, 7) is 1.91. The van der Waals surface area contributed by atoms with Crippen molar-refractivity contribution < 1.29 is 17.9 Å². The van der Waals surface area contributed by atoms with Crippen molar-refractivity contribution in [1.82, 2.24) is 4.72 Å². The third-order valence-corrected chi connectivity index (χ3v) is 6.33. The van der Waals surface area contributed by atoms with E-state index in [1.54, 1.807) is 6.07 Å². The minimum atomic E-state index is -4.11. The number of hydrogen-bond donors (Lipinski definition) is 2. The second-order valence-electron chi connectivity index (χ2n) is 7.02. The Morgan fingerprint density at radius 1 is 1.03 bits per heavy atom. The molecule has 0 saturated heterocycles. The predicted octanol–water partition coefficient (Wildman–Crippen LogP) is 4.19. The zero-order valence-electron chi connectivity index (χ0n) is 17.1. The van der Waals surface area contributed by atoms with Gasteiger partial charge in [0.15, 0.2) is 0 Å². The van der Waals surface area contributed by atoms with Crippen molar-refractivity contribution in [3.63, 3.8) is 0 Å². The summed E-state index contributed by atoms with van der Waals surface area (Å²) in [6.07, 6.45) is 0.167. The Kier molecular flexibility index (Phi) is 7.33. The number of halogens is 1. The van der Waals surface area contributed by atoms with E-state index in [4.69, 9.17) is 16.3 Å². The second kappa shape index (κ2) is 9.96.